The lowest BCUT2D eigenvalue weighted by atomic mass is 10.0. The van der Waals surface area contributed by atoms with Crippen LogP contribution in [0.1, 0.15) is 48.5 Å². The number of amides is 1. The average molecular weight is 397 g/mol. The van der Waals surface area contributed by atoms with Crippen molar-refractivity contribution in [3.8, 4) is 0 Å². The highest BCUT2D eigenvalue weighted by atomic mass is 16.1. The van der Waals surface area contributed by atoms with E-state index in [1.54, 1.807) is 7.05 Å². The lowest BCUT2D eigenvalue weighted by molar-refractivity contribution is -0.688. The molecular weight excluding hydrogens is 372 g/mol. The van der Waals surface area contributed by atoms with E-state index in [4.69, 9.17) is 0 Å². The zero-order valence-corrected chi connectivity index (χ0v) is 17.5. The zero-order valence-electron chi connectivity index (χ0n) is 17.5. The molecule has 0 bridgehead atoms. The van der Waals surface area contributed by atoms with Crippen LogP contribution in [0, 0.1) is 13.8 Å². The van der Waals surface area contributed by atoms with Crippen molar-refractivity contribution < 1.29 is 14.2 Å². The molecule has 4 heteroatoms. The van der Waals surface area contributed by atoms with E-state index in [0.717, 1.165) is 33.4 Å². The number of carbonyl (C=O) groups is 2. The van der Waals surface area contributed by atoms with Gasteiger partial charge < -0.3 is 5.32 Å². The summed E-state index contributed by atoms with van der Waals surface area (Å²) in [5.74, 6) is -0.115. The number of carbonyl (C=O) groups excluding carboxylic acids is 2. The van der Waals surface area contributed by atoms with E-state index in [-0.39, 0.29) is 11.7 Å². The van der Waals surface area contributed by atoms with Crippen molar-refractivity contribution in [1.29, 1.82) is 0 Å². The van der Waals surface area contributed by atoms with Gasteiger partial charge in [-0.15, -0.1) is 0 Å². The number of nitrogens with one attached hydrogen (secondary N) is 1. The number of aryl methyl sites for hydroxylation is 2. The smallest absolute Gasteiger partial charge is 0.257 e. The zero-order chi connectivity index (χ0) is 21.3. The minimum atomic E-state index is -0.168. The third kappa shape index (κ3) is 3.81. The Labute approximate surface area is 176 Å². The molecule has 0 fully saturated rings. The summed E-state index contributed by atoms with van der Waals surface area (Å²) in [5.41, 5.74) is 7.34. The molecular formula is C26H25N2O2+. The van der Waals surface area contributed by atoms with Gasteiger partial charge in [-0.3, -0.25) is 9.59 Å². The Morgan fingerprint density at radius 1 is 1.10 bits per heavy atom. The van der Waals surface area contributed by atoms with Gasteiger partial charge in [0.25, 0.3) is 5.91 Å². The van der Waals surface area contributed by atoms with Crippen LogP contribution < -0.4 is 9.88 Å². The first kappa shape index (κ1) is 19.8. The summed E-state index contributed by atoms with van der Waals surface area (Å²) in [4.78, 5) is 25.5. The van der Waals surface area contributed by atoms with Crippen LogP contribution in [-0.2, 0) is 13.0 Å². The maximum absolute atomic E-state index is 12.9. The predicted molar refractivity (Wildman–Crippen MR) is 117 cm³/mol. The molecule has 1 amide bonds. The Balaban J connectivity index is 1.70. The first-order chi connectivity index (χ1) is 14.5. The lowest BCUT2D eigenvalue weighted by Gasteiger charge is -2.06. The fourth-order valence-electron chi connectivity index (χ4n) is 3.89. The number of hydrogen-bond donors (Lipinski definition) is 1. The quantitative estimate of drug-likeness (QED) is 0.537. The van der Waals surface area contributed by atoms with Gasteiger partial charge in [0.15, 0.2) is 24.7 Å². The molecule has 0 spiro atoms. The third-order valence-corrected chi connectivity index (χ3v) is 5.70. The highest BCUT2D eigenvalue weighted by Gasteiger charge is 2.26. The number of allylic oxidation sites excluding steroid dienone is 1. The Bertz CT molecular complexity index is 1180. The summed E-state index contributed by atoms with van der Waals surface area (Å²) in [6.07, 6.45) is 6.26. The van der Waals surface area contributed by atoms with Crippen LogP contribution in [0.2, 0.25) is 0 Å². The van der Waals surface area contributed by atoms with Gasteiger partial charge in [0.1, 0.15) is 5.56 Å². The number of hydrogen-bond acceptors (Lipinski definition) is 2. The predicted octanol–water partition coefficient (Wildman–Crippen LogP) is 3.82. The Morgan fingerprint density at radius 2 is 1.83 bits per heavy atom. The molecule has 1 N–H and O–H groups in total. The third-order valence-electron chi connectivity index (χ3n) is 5.70. The van der Waals surface area contributed by atoms with Crippen molar-refractivity contribution in [2.45, 2.75) is 26.8 Å². The largest absolute Gasteiger partial charge is 0.355 e. The standard InChI is InChI=1S/C26H24N2O2/c1-17-11-21-14-22(25(29)23(21)12-18(17)2)13-20-9-10-28(16-24(20)26(30)27-3)15-19-7-5-4-6-8-19/h4-13,16H,14-15H2,1-3H3/p+1/b22-13+. The number of ketones is 1. The number of nitrogens with zero attached hydrogens (tertiary/aromatic N) is 1. The van der Waals surface area contributed by atoms with Crippen LogP contribution >= 0.6 is 0 Å². The number of rotatable bonds is 4. The van der Waals surface area contributed by atoms with Crippen LogP contribution in [0.25, 0.3) is 6.08 Å². The van der Waals surface area contributed by atoms with Crippen molar-refractivity contribution in [3.63, 3.8) is 0 Å². The second-order valence-electron chi connectivity index (χ2n) is 7.82. The second-order valence-corrected chi connectivity index (χ2v) is 7.82. The van der Waals surface area contributed by atoms with Crippen molar-refractivity contribution in [1.82, 2.24) is 5.32 Å². The molecule has 0 unspecified atom stereocenters. The summed E-state index contributed by atoms with van der Waals surface area (Å²) in [5, 5.41) is 2.71. The highest BCUT2D eigenvalue weighted by molar-refractivity contribution is 6.16. The first-order valence-corrected chi connectivity index (χ1v) is 10.1. The highest BCUT2D eigenvalue weighted by Crippen LogP contribution is 2.30. The topological polar surface area (TPSA) is 50.1 Å². The van der Waals surface area contributed by atoms with Crippen molar-refractivity contribution in [2.24, 2.45) is 0 Å². The fourth-order valence-corrected chi connectivity index (χ4v) is 3.89. The molecule has 0 aliphatic heterocycles. The number of Topliss-reactive ketones (excluding diaryl/α,β-unsaturated/α-hetero) is 1. The normalized spacial score (nSPS) is 14.1. The second kappa shape index (κ2) is 8.07. The molecule has 1 aliphatic carbocycles. The van der Waals surface area contributed by atoms with Gasteiger partial charge in [-0.1, -0.05) is 36.4 Å². The summed E-state index contributed by atoms with van der Waals surface area (Å²) < 4.78 is 1.99. The Hall–Kier alpha value is -3.53. The summed E-state index contributed by atoms with van der Waals surface area (Å²) >= 11 is 0. The molecule has 3 aromatic rings. The minimum absolute atomic E-state index is 0.0528. The maximum atomic E-state index is 12.9. The van der Waals surface area contributed by atoms with E-state index in [1.165, 1.54) is 5.56 Å². The molecule has 2 aromatic carbocycles. The molecule has 0 atom stereocenters. The van der Waals surface area contributed by atoms with E-state index in [2.05, 4.69) is 30.4 Å². The van der Waals surface area contributed by atoms with Crippen LogP contribution in [-0.4, -0.2) is 18.7 Å². The molecule has 1 aromatic heterocycles. The average Bonchev–Trinajstić information content (AvgIpc) is 3.04. The molecule has 0 radical (unpaired) electrons. The van der Waals surface area contributed by atoms with Crippen LogP contribution in [0.4, 0.5) is 0 Å². The van der Waals surface area contributed by atoms with Gasteiger partial charge in [0.05, 0.1) is 0 Å². The minimum Gasteiger partial charge on any atom is -0.355 e. The van der Waals surface area contributed by atoms with E-state index in [0.29, 0.717) is 18.5 Å². The van der Waals surface area contributed by atoms with Gasteiger partial charge in [-0.25, -0.2) is 0 Å². The lowest BCUT2D eigenvalue weighted by Crippen LogP contribution is -2.36. The summed E-state index contributed by atoms with van der Waals surface area (Å²) in [6.45, 7) is 4.76. The van der Waals surface area contributed by atoms with Gasteiger partial charge in [0.2, 0.25) is 0 Å². The van der Waals surface area contributed by atoms with E-state index >= 15 is 0 Å². The van der Waals surface area contributed by atoms with Crippen LogP contribution in [0.3, 0.4) is 0 Å². The van der Waals surface area contributed by atoms with Gasteiger partial charge in [0, 0.05) is 36.2 Å². The maximum Gasteiger partial charge on any atom is 0.257 e. The Morgan fingerprint density at radius 3 is 2.57 bits per heavy atom. The number of aromatic nitrogens is 1. The van der Waals surface area contributed by atoms with Gasteiger partial charge in [-0.05, 0) is 48.2 Å². The molecule has 30 heavy (non-hydrogen) atoms. The van der Waals surface area contributed by atoms with Crippen LogP contribution in [0.5, 0.6) is 0 Å². The molecule has 4 rings (SSSR count). The van der Waals surface area contributed by atoms with E-state index in [9.17, 15) is 9.59 Å². The number of benzene rings is 2. The van der Waals surface area contributed by atoms with Crippen molar-refractivity contribution in [3.05, 3.63) is 105 Å². The van der Waals surface area contributed by atoms with E-state index < -0.39 is 0 Å². The molecule has 1 aliphatic rings. The van der Waals surface area contributed by atoms with Crippen molar-refractivity contribution in [2.75, 3.05) is 7.05 Å². The van der Waals surface area contributed by atoms with Crippen LogP contribution in [0.15, 0.2) is 66.5 Å². The monoisotopic (exact) mass is 397 g/mol. The fraction of sp³-hybridized carbons (Fsp3) is 0.192. The van der Waals surface area contributed by atoms with Gasteiger partial charge in [-0.2, -0.15) is 4.57 Å². The van der Waals surface area contributed by atoms with Crippen molar-refractivity contribution >= 4 is 17.8 Å². The Kier molecular flexibility index (Phi) is 5.32. The molecule has 0 saturated heterocycles. The molecule has 1 heterocycles. The van der Waals surface area contributed by atoms with E-state index in [1.807, 2.05) is 60.3 Å². The SMILES string of the molecule is CNC(=O)c1c[n+](Cc2ccccc2)ccc1/C=C1\Cc2cc(C)c(C)cc2C1=O. The molecule has 0 saturated carbocycles. The first-order valence-electron chi connectivity index (χ1n) is 10.1. The summed E-state index contributed by atoms with van der Waals surface area (Å²) in [6, 6.07) is 16.1. The summed E-state index contributed by atoms with van der Waals surface area (Å²) in [7, 11) is 1.62. The van der Waals surface area contributed by atoms with Gasteiger partial charge >= 0.3 is 0 Å². The molecule has 150 valence electrons. The number of pyridine rings is 1. The molecule has 4 nitrogen and oxygen atoms in total. The number of fused-ring (bicyclic) bond motifs is 1.